The van der Waals surface area contributed by atoms with Gasteiger partial charge in [0.15, 0.2) is 0 Å². The number of nitrogens with one attached hydrogen (secondary N) is 1. The van der Waals surface area contributed by atoms with Gasteiger partial charge < -0.3 is 15.2 Å². The summed E-state index contributed by atoms with van der Waals surface area (Å²) in [6, 6.07) is 2.27. The number of rotatable bonds is 6. The summed E-state index contributed by atoms with van der Waals surface area (Å²) in [6.07, 6.45) is -0.448. The lowest BCUT2D eigenvalue weighted by molar-refractivity contribution is 0.0631. The Balaban J connectivity index is 2.36. The molecule has 5 heteroatoms. The Morgan fingerprint density at radius 2 is 2.40 bits per heavy atom. The summed E-state index contributed by atoms with van der Waals surface area (Å²) in [6.45, 7) is 2.99. The second-order valence-electron chi connectivity index (χ2n) is 3.37. The first kappa shape index (κ1) is 13.1. The van der Waals surface area contributed by atoms with Crippen molar-refractivity contribution in [2.75, 3.05) is 20.3 Å². The minimum absolute atomic E-state index is 0.242. The van der Waals surface area contributed by atoms with E-state index in [1.165, 1.54) is 4.88 Å². The van der Waals surface area contributed by atoms with Gasteiger partial charge in [0.05, 0.1) is 12.7 Å². The van der Waals surface area contributed by atoms with Gasteiger partial charge in [0.25, 0.3) is 0 Å². The van der Waals surface area contributed by atoms with Crippen LogP contribution in [0.4, 0.5) is 0 Å². The highest BCUT2D eigenvalue weighted by molar-refractivity contribution is 9.10. The van der Waals surface area contributed by atoms with Crippen LogP contribution in [0.15, 0.2) is 15.9 Å². The molecule has 3 nitrogen and oxygen atoms in total. The highest BCUT2D eigenvalue weighted by Gasteiger charge is 2.12. The summed E-state index contributed by atoms with van der Waals surface area (Å²) in [5.41, 5.74) is 0. The molecule has 1 aromatic rings. The van der Waals surface area contributed by atoms with Gasteiger partial charge in [0, 0.05) is 29.0 Å². The summed E-state index contributed by atoms with van der Waals surface area (Å²) in [4.78, 5) is 1.25. The zero-order valence-electron chi connectivity index (χ0n) is 8.87. The molecular weight excluding hydrogens is 278 g/mol. The number of aliphatic hydroxyl groups excluding tert-OH is 1. The number of methoxy groups -OCH3 is 1. The van der Waals surface area contributed by atoms with E-state index in [0.717, 1.165) is 4.47 Å². The van der Waals surface area contributed by atoms with Crippen molar-refractivity contribution in [1.82, 2.24) is 5.32 Å². The molecule has 0 aromatic carbocycles. The third kappa shape index (κ3) is 4.20. The van der Waals surface area contributed by atoms with Crippen LogP contribution in [-0.2, 0) is 4.74 Å². The monoisotopic (exact) mass is 293 g/mol. The molecule has 0 aliphatic heterocycles. The average Bonchev–Trinajstić information content (AvgIpc) is 2.61. The van der Waals surface area contributed by atoms with E-state index in [1.807, 2.05) is 11.4 Å². The van der Waals surface area contributed by atoms with Crippen molar-refractivity contribution in [3.8, 4) is 0 Å². The van der Waals surface area contributed by atoms with Crippen molar-refractivity contribution >= 4 is 27.3 Å². The lowest BCUT2D eigenvalue weighted by Crippen LogP contribution is -2.31. The number of hydrogen-bond acceptors (Lipinski definition) is 4. The van der Waals surface area contributed by atoms with E-state index in [1.54, 1.807) is 18.4 Å². The fourth-order valence-corrected chi connectivity index (χ4v) is 3.02. The number of aliphatic hydroxyl groups is 1. The van der Waals surface area contributed by atoms with Crippen molar-refractivity contribution < 1.29 is 9.84 Å². The van der Waals surface area contributed by atoms with Crippen molar-refractivity contribution in [3.63, 3.8) is 0 Å². The molecule has 1 rings (SSSR count). The fourth-order valence-electron chi connectivity index (χ4n) is 1.27. The standard InChI is InChI=1S/C10H16BrNO2S/c1-7(10-9(11)3-4-15-10)12-5-8(13)6-14-2/h3-4,7-8,12-13H,5-6H2,1-2H3. The van der Waals surface area contributed by atoms with Crippen molar-refractivity contribution in [2.45, 2.75) is 19.1 Å². The van der Waals surface area contributed by atoms with Gasteiger partial charge in [-0.3, -0.25) is 0 Å². The highest BCUT2D eigenvalue weighted by Crippen LogP contribution is 2.28. The van der Waals surface area contributed by atoms with Crippen molar-refractivity contribution in [1.29, 1.82) is 0 Å². The number of ether oxygens (including phenoxy) is 1. The van der Waals surface area contributed by atoms with Crippen molar-refractivity contribution in [2.24, 2.45) is 0 Å². The Kier molecular flexibility index (Phi) is 5.78. The summed E-state index contributed by atoms with van der Waals surface area (Å²) in [7, 11) is 1.59. The lowest BCUT2D eigenvalue weighted by atomic mass is 10.2. The van der Waals surface area contributed by atoms with Gasteiger partial charge >= 0.3 is 0 Å². The van der Waals surface area contributed by atoms with Crippen LogP contribution in [0.5, 0.6) is 0 Å². The van der Waals surface area contributed by atoms with E-state index in [4.69, 9.17) is 4.74 Å². The summed E-state index contributed by atoms with van der Waals surface area (Å²) in [5, 5.41) is 14.8. The first-order valence-electron chi connectivity index (χ1n) is 4.78. The first-order chi connectivity index (χ1) is 7.15. The smallest absolute Gasteiger partial charge is 0.0897 e. The Bertz CT molecular complexity index is 293. The Morgan fingerprint density at radius 3 is 2.93 bits per heavy atom. The van der Waals surface area contributed by atoms with Gasteiger partial charge in [0.2, 0.25) is 0 Å². The predicted molar refractivity (Wildman–Crippen MR) is 66.3 cm³/mol. The molecule has 86 valence electrons. The van der Waals surface area contributed by atoms with E-state index in [2.05, 4.69) is 28.2 Å². The predicted octanol–water partition coefficient (Wildman–Crippen LogP) is 2.17. The summed E-state index contributed by atoms with van der Waals surface area (Å²) >= 11 is 5.19. The van der Waals surface area contributed by atoms with Gasteiger partial charge in [-0.2, -0.15) is 0 Å². The second-order valence-corrected chi connectivity index (χ2v) is 5.17. The molecule has 1 heterocycles. The molecule has 0 aliphatic carbocycles. The van der Waals surface area contributed by atoms with Gasteiger partial charge in [0.1, 0.15) is 0 Å². The molecule has 0 saturated heterocycles. The third-order valence-corrected chi connectivity index (χ3v) is 4.11. The van der Waals surface area contributed by atoms with E-state index < -0.39 is 6.10 Å². The molecule has 0 fully saturated rings. The van der Waals surface area contributed by atoms with Gasteiger partial charge in [-0.25, -0.2) is 0 Å². The van der Waals surface area contributed by atoms with Crippen LogP contribution < -0.4 is 5.32 Å². The molecule has 0 saturated carbocycles. The van der Waals surface area contributed by atoms with Crippen LogP contribution in [0, 0.1) is 0 Å². The van der Waals surface area contributed by atoms with Crippen LogP contribution >= 0.6 is 27.3 Å². The van der Waals surface area contributed by atoms with E-state index >= 15 is 0 Å². The normalized spacial score (nSPS) is 15.2. The van der Waals surface area contributed by atoms with Crippen LogP contribution in [0.3, 0.4) is 0 Å². The molecule has 0 amide bonds. The maximum atomic E-state index is 9.47. The van der Waals surface area contributed by atoms with Gasteiger partial charge in [-0.05, 0) is 34.3 Å². The fraction of sp³-hybridized carbons (Fsp3) is 0.600. The van der Waals surface area contributed by atoms with Gasteiger partial charge in [-0.1, -0.05) is 0 Å². The first-order valence-corrected chi connectivity index (χ1v) is 6.45. The average molecular weight is 294 g/mol. The largest absolute Gasteiger partial charge is 0.389 e. The molecule has 0 bridgehead atoms. The van der Waals surface area contributed by atoms with Crippen LogP contribution in [-0.4, -0.2) is 31.5 Å². The number of thiophene rings is 1. The maximum absolute atomic E-state index is 9.47. The number of halogens is 1. The zero-order valence-corrected chi connectivity index (χ0v) is 11.3. The lowest BCUT2D eigenvalue weighted by Gasteiger charge is -2.16. The summed E-state index contributed by atoms with van der Waals surface area (Å²) in [5.74, 6) is 0. The highest BCUT2D eigenvalue weighted by atomic mass is 79.9. The van der Waals surface area contributed by atoms with Crippen LogP contribution in [0.25, 0.3) is 0 Å². The maximum Gasteiger partial charge on any atom is 0.0897 e. The Morgan fingerprint density at radius 1 is 1.67 bits per heavy atom. The minimum atomic E-state index is -0.448. The van der Waals surface area contributed by atoms with E-state index in [-0.39, 0.29) is 6.04 Å². The molecular formula is C10H16BrNO2S. The van der Waals surface area contributed by atoms with Crippen molar-refractivity contribution in [3.05, 3.63) is 20.8 Å². The van der Waals surface area contributed by atoms with Gasteiger partial charge in [-0.15, -0.1) is 11.3 Å². The summed E-state index contributed by atoms with van der Waals surface area (Å²) < 4.78 is 5.97. The Hall–Kier alpha value is 0.0600. The van der Waals surface area contributed by atoms with E-state index in [9.17, 15) is 5.11 Å². The molecule has 1 aromatic heterocycles. The zero-order chi connectivity index (χ0) is 11.3. The molecule has 2 atom stereocenters. The molecule has 2 unspecified atom stereocenters. The second kappa shape index (κ2) is 6.60. The third-order valence-electron chi connectivity index (χ3n) is 2.06. The minimum Gasteiger partial charge on any atom is -0.389 e. The molecule has 0 radical (unpaired) electrons. The molecule has 15 heavy (non-hydrogen) atoms. The molecule has 0 aliphatic rings. The quantitative estimate of drug-likeness (QED) is 0.845. The van der Waals surface area contributed by atoms with Crippen LogP contribution in [0.1, 0.15) is 17.8 Å². The van der Waals surface area contributed by atoms with Crippen LogP contribution in [0.2, 0.25) is 0 Å². The SMILES string of the molecule is COCC(O)CNC(C)c1sccc1Br. The van der Waals surface area contributed by atoms with E-state index in [0.29, 0.717) is 13.2 Å². The molecule has 0 spiro atoms. The Labute approximate surface area is 103 Å². The molecule has 2 N–H and O–H groups in total. The number of hydrogen-bond donors (Lipinski definition) is 2. The topological polar surface area (TPSA) is 41.5 Å².